The Balaban J connectivity index is 0.00000137. The quantitative estimate of drug-likeness (QED) is 0.797. The van der Waals surface area contributed by atoms with Crippen molar-refractivity contribution in [2.75, 3.05) is 14.1 Å². The van der Waals surface area contributed by atoms with Crippen LogP contribution in [0.5, 0.6) is 0 Å². The number of nitrogens with zero attached hydrogens (tertiary/aromatic N) is 1. The standard InChI is InChI=1S/C10H11Br2NO3.C2H6/c1-13(2)8(14)5-10(16)3-6(11)9(15)7(12)4-10;1-2/h3-4,16H,5H2,1-2H3;1-2H3. The molecule has 0 bridgehead atoms. The molecule has 0 radical (unpaired) electrons. The molecular formula is C12H17Br2NO3. The SMILES string of the molecule is CC.CN(C)C(=O)CC1(O)C=C(Br)C(=O)C(Br)=C1. The van der Waals surface area contributed by atoms with Gasteiger partial charge in [-0.2, -0.15) is 0 Å². The van der Waals surface area contributed by atoms with E-state index in [-0.39, 0.29) is 27.1 Å². The molecule has 0 aromatic rings. The second kappa shape index (κ2) is 7.21. The summed E-state index contributed by atoms with van der Waals surface area (Å²) in [5.41, 5.74) is -1.42. The van der Waals surface area contributed by atoms with Gasteiger partial charge in [-0.05, 0) is 44.0 Å². The van der Waals surface area contributed by atoms with Crippen LogP contribution in [0, 0.1) is 0 Å². The van der Waals surface area contributed by atoms with Crippen molar-refractivity contribution < 1.29 is 14.7 Å². The van der Waals surface area contributed by atoms with Gasteiger partial charge in [-0.1, -0.05) is 13.8 Å². The maximum atomic E-state index is 11.5. The van der Waals surface area contributed by atoms with E-state index in [0.29, 0.717) is 0 Å². The van der Waals surface area contributed by atoms with Crippen LogP contribution in [0.15, 0.2) is 21.1 Å². The van der Waals surface area contributed by atoms with Gasteiger partial charge < -0.3 is 10.0 Å². The summed E-state index contributed by atoms with van der Waals surface area (Å²) in [6, 6.07) is 0. The molecule has 0 aromatic carbocycles. The molecule has 0 heterocycles. The molecule has 1 amide bonds. The molecule has 0 aromatic heterocycles. The van der Waals surface area contributed by atoms with Crippen molar-refractivity contribution in [2.45, 2.75) is 25.9 Å². The first-order valence-corrected chi connectivity index (χ1v) is 7.08. The van der Waals surface area contributed by atoms with Crippen LogP contribution in [-0.2, 0) is 9.59 Å². The Kier molecular flexibility index (Phi) is 7.02. The molecular weight excluding hydrogens is 366 g/mol. The number of hydrogen-bond donors (Lipinski definition) is 1. The van der Waals surface area contributed by atoms with E-state index in [1.165, 1.54) is 17.1 Å². The van der Waals surface area contributed by atoms with Gasteiger partial charge in [0.15, 0.2) is 0 Å². The molecule has 0 saturated carbocycles. The van der Waals surface area contributed by atoms with E-state index in [1.807, 2.05) is 13.8 Å². The fourth-order valence-electron chi connectivity index (χ4n) is 1.23. The first kappa shape index (κ1) is 17.5. The molecule has 1 N–H and O–H groups in total. The van der Waals surface area contributed by atoms with Crippen molar-refractivity contribution >= 4 is 43.6 Å². The van der Waals surface area contributed by atoms with Crippen LogP contribution in [0.3, 0.4) is 0 Å². The number of Topliss-reactive ketones (excluding diaryl/α,β-unsaturated/α-hetero) is 1. The van der Waals surface area contributed by atoms with Crippen LogP contribution in [0.1, 0.15) is 20.3 Å². The maximum absolute atomic E-state index is 11.5. The fraction of sp³-hybridized carbons (Fsp3) is 0.500. The van der Waals surface area contributed by atoms with Gasteiger partial charge in [0.05, 0.1) is 15.4 Å². The van der Waals surface area contributed by atoms with E-state index in [0.717, 1.165) is 0 Å². The summed E-state index contributed by atoms with van der Waals surface area (Å²) >= 11 is 6.10. The van der Waals surface area contributed by atoms with E-state index in [1.54, 1.807) is 14.1 Å². The predicted octanol–water partition coefficient (Wildman–Crippen LogP) is 2.36. The molecule has 0 fully saturated rings. The number of aliphatic hydroxyl groups is 1. The number of ketones is 1. The number of rotatable bonds is 2. The topological polar surface area (TPSA) is 57.6 Å². The predicted molar refractivity (Wildman–Crippen MR) is 78.6 cm³/mol. The molecule has 0 saturated heterocycles. The Morgan fingerprint density at radius 2 is 1.67 bits per heavy atom. The van der Waals surface area contributed by atoms with Crippen molar-refractivity contribution in [1.29, 1.82) is 0 Å². The summed E-state index contributed by atoms with van der Waals surface area (Å²) in [5.74, 6) is -0.466. The highest BCUT2D eigenvalue weighted by Crippen LogP contribution is 2.31. The van der Waals surface area contributed by atoms with Crippen molar-refractivity contribution in [3.63, 3.8) is 0 Å². The lowest BCUT2D eigenvalue weighted by Crippen LogP contribution is -2.35. The number of allylic oxidation sites excluding steroid dienone is 2. The number of halogens is 2. The highest BCUT2D eigenvalue weighted by Gasteiger charge is 2.32. The minimum Gasteiger partial charge on any atom is -0.381 e. The maximum Gasteiger partial charge on any atom is 0.225 e. The smallest absolute Gasteiger partial charge is 0.225 e. The minimum absolute atomic E-state index is 0.0997. The zero-order valence-corrected chi connectivity index (χ0v) is 14.0. The summed E-state index contributed by atoms with van der Waals surface area (Å²) in [4.78, 5) is 24.3. The van der Waals surface area contributed by atoms with Crippen LogP contribution in [0.25, 0.3) is 0 Å². The van der Waals surface area contributed by atoms with Gasteiger partial charge in [-0.3, -0.25) is 9.59 Å². The average molecular weight is 383 g/mol. The van der Waals surface area contributed by atoms with Gasteiger partial charge in [0, 0.05) is 14.1 Å². The lowest BCUT2D eigenvalue weighted by atomic mass is 9.93. The Hall–Kier alpha value is -0.460. The summed E-state index contributed by atoms with van der Waals surface area (Å²) < 4.78 is 0.492. The normalized spacial score (nSPS) is 17.2. The summed E-state index contributed by atoms with van der Waals surface area (Å²) in [5, 5.41) is 10.1. The second-order valence-corrected chi connectivity index (χ2v) is 5.48. The Labute approximate surface area is 124 Å². The Morgan fingerprint density at radius 1 is 1.28 bits per heavy atom. The number of amides is 1. The van der Waals surface area contributed by atoms with Gasteiger partial charge >= 0.3 is 0 Å². The van der Waals surface area contributed by atoms with Crippen LogP contribution in [-0.4, -0.2) is 41.4 Å². The minimum atomic E-state index is -1.42. The van der Waals surface area contributed by atoms with Crippen LogP contribution < -0.4 is 0 Å². The third-order valence-electron chi connectivity index (χ3n) is 2.12. The lowest BCUT2D eigenvalue weighted by Gasteiger charge is -2.25. The number of hydrogen-bond acceptors (Lipinski definition) is 3. The van der Waals surface area contributed by atoms with Crippen molar-refractivity contribution in [3.05, 3.63) is 21.1 Å². The second-order valence-electron chi connectivity index (χ2n) is 3.77. The molecule has 6 heteroatoms. The average Bonchev–Trinajstić information content (AvgIpc) is 2.28. The van der Waals surface area contributed by atoms with Gasteiger partial charge in [-0.25, -0.2) is 0 Å². The molecule has 102 valence electrons. The van der Waals surface area contributed by atoms with E-state index in [4.69, 9.17) is 0 Å². The van der Waals surface area contributed by atoms with Crippen LogP contribution in [0.2, 0.25) is 0 Å². The first-order valence-electron chi connectivity index (χ1n) is 5.49. The third kappa shape index (κ3) is 4.66. The lowest BCUT2D eigenvalue weighted by molar-refractivity contribution is -0.131. The zero-order valence-electron chi connectivity index (χ0n) is 10.8. The highest BCUT2D eigenvalue weighted by atomic mass is 79.9. The molecule has 0 atom stereocenters. The molecule has 1 aliphatic rings. The third-order valence-corrected chi connectivity index (χ3v) is 3.30. The molecule has 18 heavy (non-hydrogen) atoms. The van der Waals surface area contributed by atoms with Crippen LogP contribution in [0.4, 0.5) is 0 Å². The summed E-state index contributed by atoms with van der Waals surface area (Å²) in [6.45, 7) is 4.00. The van der Waals surface area contributed by atoms with Gasteiger partial charge in [-0.15, -0.1) is 0 Å². The van der Waals surface area contributed by atoms with E-state index in [9.17, 15) is 14.7 Å². The van der Waals surface area contributed by atoms with Crippen molar-refractivity contribution in [3.8, 4) is 0 Å². The molecule has 1 aliphatic carbocycles. The molecule has 1 rings (SSSR count). The monoisotopic (exact) mass is 381 g/mol. The van der Waals surface area contributed by atoms with Crippen LogP contribution >= 0.6 is 31.9 Å². The summed E-state index contributed by atoms with van der Waals surface area (Å²) in [7, 11) is 3.22. The van der Waals surface area contributed by atoms with Crippen molar-refractivity contribution in [2.24, 2.45) is 0 Å². The molecule has 0 aliphatic heterocycles. The van der Waals surface area contributed by atoms with Gasteiger partial charge in [0.25, 0.3) is 0 Å². The molecule has 0 unspecified atom stereocenters. The highest BCUT2D eigenvalue weighted by molar-refractivity contribution is 9.13. The van der Waals surface area contributed by atoms with E-state index < -0.39 is 5.60 Å². The fourth-order valence-corrected chi connectivity index (χ4v) is 2.71. The van der Waals surface area contributed by atoms with E-state index >= 15 is 0 Å². The van der Waals surface area contributed by atoms with Gasteiger partial charge in [0.1, 0.15) is 5.60 Å². The first-order chi connectivity index (χ1) is 8.25. The number of carbonyl (C=O) groups is 2. The molecule has 0 spiro atoms. The Bertz CT molecular complexity index is 378. The number of carbonyl (C=O) groups excluding carboxylic acids is 2. The van der Waals surface area contributed by atoms with Crippen molar-refractivity contribution in [1.82, 2.24) is 4.90 Å². The van der Waals surface area contributed by atoms with Gasteiger partial charge in [0.2, 0.25) is 11.7 Å². The molecule has 4 nitrogen and oxygen atoms in total. The Morgan fingerprint density at radius 3 is 2.00 bits per heavy atom. The largest absolute Gasteiger partial charge is 0.381 e. The zero-order chi connectivity index (χ0) is 14.5. The van der Waals surface area contributed by atoms with E-state index in [2.05, 4.69) is 31.9 Å². The summed E-state index contributed by atoms with van der Waals surface area (Å²) in [6.07, 6.45) is 2.57.